The molecule has 0 radical (unpaired) electrons. The van der Waals surface area contributed by atoms with Crippen LogP contribution < -0.4 is 5.32 Å². The third-order valence-electron chi connectivity index (χ3n) is 4.55. The number of nitrogens with one attached hydrogen (secondary N) is 1. The SMILES string of the molecule is CC(C)Cn1c2ccccc2c2ccnc(CNCCCN(C)C)c21.Cl.Cl.Cl.Cl. The van der Waals surface area contributed by atoms with E-state index in [2.05, 4.69) is 73.1 Å². The Morgan fingerprint density at radius 1 is 1.00 bits per heavy atom. The van der Waals surface area contributed by atoms with E-state index in [0.29, 0.717) is 5.92 Å². The van der Waals surface area contributed by atoms with Gasteiger partial charge in [0.1, 0.15) is 0 Å². The predicted octanol–water partition coefficient (Wildman–Crippen LogP) is 5.57. The van der Waals surface area contributed by atoms with Crippen LogP contribution in [0, 0.1) is 5.92 Å². The first-order valence-corrected chi connectivity index (χ1v) is 9.28. The smallest absolute Gasteiger partial charge is 0.0784 e. The molecule has 4 nitrogen and oxygen atoms in total. The van der Waals surface area contributed by atoms with E-state index >= 15 is 0 Å². The number of hydrogen-bond donors (Lipinski definition) is 1. The van der Waals surface area contributed by atoms with Gasteiger partial charge in [-0.25, -0.2) is 0 Å². The predicted molar refractivity (Wildman–Crippen MR) is 136 cm³/mol. The van der Waals surface area contributed by atoms with Crippen LogP contribution in [0.3, 0.4) is 0 Å². The summed E-state index contributed by atoms with van der Waals surface area (Å²) < 4.78 is 2.46. The number of para-hydroxylation sites is 1. The summed E-state index contributed by atoms with van der Waals surface area (Å²) in [6.45, 7) is 8.51. The van der Waals surface area contributed by atoms with E-state index in [0.717, 1.165) is 38.3 Å². The molecule has 166 valence electrons. The van der Waals surface area contributed by atoms with Crippen molar-refractivity contribution in [2.24, 2.45) is 5.92 Å². The summed E-state index contributed by atoms with van der Waals surface area (Å²) >= 11 is 0. The first kappa shape index (κ1) is 30.4. The number of rotatable bonds is 8. The molecule has 0 spiro atoms. The minimum atomic E-state index is 0. The zero-order chi connectivity index (χ0) is 17.8. The highest BCUT2D eigenvalue weighted by Crippen LogP contribution is 2.31. The Labute approximate surface area is 199 Å². The molecule has 0 saturated carbocycles. The average Bonchev–Trinajstić information content (AvgIpc) is 2.89. The van der Waals surface area contributed by atoms with Gasteiger partial charge in [0, 0.05) is 35.6 Å². The van der Waals surface area contributed by atoms with Gasteiger partial charge in [-0.15, -0.1) is 49.6 Å². The molecule has 1 N–H and O–H groups in total. The number of nitrogens with zero attached hydrogens (tertiary/aromatic N) is 3. The summed E-state index contributed by atoms with van der Waals surface area (Å²) in [6.07, 6.45) is 3.10. The van der Waals surface area contributed by atoms with Crippen molar-refractivity contribution in [1.82, 2.24) is 19.8 Å². The summed E-state index contributed by atoms with van der Waals surface area (Å²) in [5, 5.41) is 6.22. The third-order valence-corrected chi connectivity index (χ3v) is 4.55. The Bertz CT molecular complexity index is 849. The molecule has 8 heteroatoms. The van der Waals surface area contributed by atoms with Crippen LogP contribution in [-0.4, -0.2) is 41.6 Å². The van der Waals surface area contributed by atoms with Crippen molar-refractivity contribution in [3.05, 3.63) is 42.2 Å². The van der Waals surface area contributed by atoms with Crippen LogP contribution in [-0.2, 0) is 13.1 Å². The van der Waals surface area contributed by atoms with E-state index in [9.17, 15) is 0 Å². The topological polar surface area (TPSA) is 33.1 Å². The van der Waals surface area contributed by atoms with E-state index in [-0.39, 0.29) is 49.6 Å². The molecule has 0 unspecified atom stereocenters. The van der Waals surface area contributed by atoms with Crippen LogP contribution in [0.1, 0.15) is 26.0 Å². The minimum Gasteiger partial charge on any atom is -0.339 e. The number of halogens is 4. The van der Waals surface area contributed by atoms with Crippen molar-refractivity contribution in [1.29, 1.82) is 0 Å². The van der Waals surface area contributed by atoms with Gasteiger partial charge in [-0.2, -0.15) is 0 Å². The Balaban J connectivity index is 0. The monoisotopic (exact) mass is 482 g/mol. The Morgan fingerprint density at radius 3 is 2.34 bits per heavy atom. The van der Waals surface area contributed by atoms with Gasteiger partial charge in [0.2, 0.25) is 0 Å². The van der Waals surface area contributed by atoms with E-state index in [4.69, 9.17) is 4.98 Å². The van der Waals surface area contributed by atoms with Crippen LogP contribution in [0.2, 0.25) is 0 Å². The fourth-order valence-corrected chi connectivity index (χ4v) is 3.48. The fraction of sp³-hybridized carbons (Fsp3) is 0.476. The van der Waals surface area contributed by atoms with E-state index < -0.39 is 0 Å². The fourth-order valence-electron chi connectivity index (χ4n) is 3.48. The first-order chi connectivity index (χ1) is 12.1. The molecule has 1 aromatic carbocycles. The van der Waals surface area contributed by atoms with Crippen molar-refractivity contribution in [3.63, 3.8) is 0 Å². The van der Waals surface area contributed by atoms with Gasteiger partial charge in [-0.3, -0.25) is 4.98 Å². The lowest BCUT2D eigenvalue weighted by molar-refractivity contribution is 0.394. The highest BCUT2D eigenvalue weighted by atomic mass is 35.5. The van der Waals surface area contributed by atoms with Gasteiger partial charge in [-0.05, 0) is 51.7 Å². The maximum absolute atomic E-state index is 4.71. The Hall–Kier alpha value is -0.750. The molecule has 2 heterocycles. The molecule has 2 aromatic heterocycles. The lowest BCUT2D eigenvalue weighted by Crippen LogP contribution is -2.21. The van der Waals surface area contributed by atoms with Crippen LogP contribution in [0.5, 0.6) is 0 Å². The maximum Gasteiger partial charge on any atom is 0.0784 e. The molecule has 0 bridgehead atoms. The molecule has 3 rings (SSSR count). The zero-order valence-electron chi connectivity index (χ0n) is 17.6. The van der Waals surface area contributed by atoms with Crippen molar-refractivity contribution in [2.75, 3.05) is 27.2 Å². The minimum absolute atomic E-state index is 0. The molecule has 3 aromatic rings. The summed E-state index contributed by atoms with van der Waals surface area (Å²) in [4.78, 5) is 6.93. The number of pyridine rings is 1. The number of fused-ring (bicyclic) bond motifs is 3. The second kappa shape index (κ2) is 14.3. The van der Waals surface area contributed by atoms with Gasteiger partial charge >= 0.3 is 0 Å². The Kier molecular flexibility index (Phi) is 15.0. The molecule has 0 aliphatic carbocycles. The molecule has 0 aliphatic heterocycles. The molecule has 0 aliphatic rings. The van der Waals surface area contributed by atoms with Crippen LogP contribution in [0.15, 0.2) is 36.5 Å². The van der Waals surface area contributed by atoms with Gasteiger partial charge in [0.05, 0.1) is 11.2 Å². The normalized spacial score (nSPS) is 10.4. The number of aromatic nitrogens is 2. The van der Waals surface area contributed by atoms with Crippen molar-refractivity contribution in [3.8, 4) is 0 Å². The molecule has 0 atom stereocenters. The molecule has 0 amide bonds. The Morgan fingerprint density at radius 2 is 1.69 bits per heavy atom. The average molecular weight is 484 g/mol. The second-order valence-electron chi connectivity index (χ2n) is 7.51. The van der Waals surface area contributed by atoms with Gasteiger partial charge in [0.25, 0.3) is 0 Å². The highest BCUT2D eigenvalue weighted by Gasteiger charge is 2.15. The lowest BCUT2D eigenvalue weighted by atomic mass is 10.1. The number of hydrogen-bond acceptors (Lipinski definition) is 3. The molecular weight excluding hydrogens is 450 g/mol. The third kappa shape index (κ3) is 7.46. The summed E-state index contributed by atoms with van der Waals surface area (Å²) in [5.74, 6) is 0.597. The first-order valence-electron chi connectivity index (χ1n) is 9.28. The zero-order valence-corrected chi connectivity index (χ0v) is 20.8. The molecular formula is C21H34Cl4N4. The van der Waals surface area contributed by atoms with Crippen molar-refractivity contribution < 1.29 is 0 Å². The molecule has 0 fully saturated rings. The van der Waals surface area contributed by atoms with Crippen molar-refractivity contribution in [2.45, 2.75) is 33.4 Å². The number of benzene rings is 1. The largest absolute Gasteiger partial charge is 0.339 e. The van der Waals surface area contributed by atoms with Crippen molar-refractivity contribution >= 4 is 71.4 Å². The second-order valence-corrected chi connectivity index (χ2v) is 7.51. The summed E-state index contributed by atoms with van der Waals surface area (Å²) in [7, 11) is 4.24. The van der Waals surface area contributed by atoms with Crippen LogP contribution in [0.4, 0.5) is 0 Å². The van der Waals surface area contributed by atoms with Gasteiger partial charge in [-0.1, -0.05) is 32.0 Å². The van der Waals surface area contributed by atoms with Crippen LogP contribution in [0.25, 0.3) is 21.8 Å². The van der Waals surface area contributed by atoms with E-state index in [1.54, 1.807) is 0 Å². The van der Waals surface area contributed by atoms with E-state index in [1.165, 1.54) is 21.8 Å². The van der Waals surface area contributed by atoms with Gasteiger partial charge < -0.3 is 14.8 Å². The quantitative estimate of drug-likeness (QED) is 0.425. The standard InChI is InChI=1S/C21H30N4.4ClH/c1-16(2)15-25-20-9-6-5-8-17(20)18-10-12-23-19(21(18)25)14-22-11-7-13-24(3)4;;;;/h5-6,8-10,12,16,22H,7,11,13-15H2,1-4H3;4*1H. The summed E-state index contributed by atoms with van der Waals surface area (Å²) in [6, 6.07) is 10.9. The highest BCUT2D eigenvalue weighted by molar-refractivity contribution is 6.08. The summed E-state index contributed by atoms with van der Waals surface area (Å²) in [5.41, 5.74) is 3.75. The maximum atomic E-state index is 4.71. The molecule has 29 heavy (non-hydrogen) atoms. The molecule has 0 saturated heterocycles. The van der Waals surface area contributed by atoms with Gasteiger partial charge in [0.15, 0.2) is 0 Å². The van der Waals surface area contributed by atoms with Crippen LogP contribution >= 0.6 is 49.6 Å². The lowest BCUT2D eigenvalue weighted by Gasteiger charge is -2.13. The van der Waals surface area contributed by atoms with E-state index in [1.807, 2.05) is 6.20 Å².